The number of hydrogen-bond donors (Lipinski definition) is 1. The van der Waals surface area contributed by atoms with Crippen LogP contribution in [-0.2, 0) is 33.3 Å². The summed E-state index contributed by atoms with van der Waals surface area (Å²) in [6, 6.07) is 0. The molecule has 0 aliphatic carbocycles. The van der Waals surface area contributed by atoms with Crippen molar-refractivity contribution in [2.45, 2.75) is 33.3 Å². The molecule has 1 unspecified atom stereocenters. The minimum absolute atomic E-state index is 0.0403. The van der Waals surface area contributed by atoms with Crippen molar-refractivity contribution in [1.82, 2.24) is 9.45 Å². The Morgan fingerprint density at radius 3 is 2.11 bits per heavy atom. The van der Waals surface area contributed by atoms with E-state index in [0.29, 0.717) is 0 Å². The Morgan fingerprint density at radius 2 is 1.67 bits per heavy atom. The molecule has 1 heterocycles. The van der Waals surface area contributed by atoms with Crippen LogP contribution in [0.1, 0.15) is 27.7 Å². The number of esters is 3. The molecular weight excluding hydrogens is 427 g/mol. The Morgan fingerprint density at radius 1 is 1.11 bits per heavy atom. The van der Waals surface area contributed by atoms with Gasteiger partial charge in [-0.2, -0.15) is 0 Å². The Kier molecular flexibility index (Phi) is 8.11. The van der Waals surface area contributed by atoms with Crippen molar-refractivity contribution in [3.05, 3.63) is 10.7 Å². The molecule has 11 heteroatoms. The van der Waals surface area contributed by atoms with Gasteiger partial charge in [0, 0.05) is 0 Å². The molecule has 0 spiro atoms. The molecule has 1 rings (SSSR count). The Hall–Kier alpha value is -2.26. The van der Waals surface area contributed by atoms with Crippen molar-refractivity contribution in [2.75, 3.05) is 20.8 Å². The van der Waals surface area contributed by atoms with E-state index in [9.17, 15) is 19.2 Å². The zero-order valence-corrected chi connectivity index (χ0v) is 17.8. The third-order valence-electron chi connectivity index (χ3n) is 3.19. The number of methoxy groups -OCH3 is 2. The van der Waals surface area contributed by atoms with Gasteiger partial charge >= 0.3 is 163 Å². The van der Waals surface area contributed by atoms with E-state index >= 15 is 0 Å². The summed E-state index contributed by atoms with van der Waals surface area (Å²) in [4.78, 5) is 50.5. The molecule has 27 heavy (non-hydrogen) atoms. The average Bonchev–Trinajstić information content (AvgIpc) is 3.06. The summed E-state index contributed by atoms with van der Waals surface area (Å²) in [5.74, 6) is -5.65. The van der Waals surface area contributed by atoms with Crippen LogP contribution in [0.4, 0.5) is 4.79 Å². The van der Waals surface area contributed by atoms with Gasteiger partial charge in [-0.05, 0) is 0 Å². The molecule has 10 nitrogen and oxygen atoms in total. The number of nitrogens with one attached hydrogen (secondary N) is 1. The molecule has 0 bridgehead atoms. The molecule has 0 aromatic carbocycles. The second kappa shape index (κ2) is 9.61. The van der Waals surface area contributed by atoms with E-state index < -0.39 is 56.6 Å². The van der Waals surface area contributed by atoms with Gasteiger partial charge in [-0.25, -0.2) is 0 Å². The van der Waals surface area contributed by atoms with Crippen LogP contribution in [0.2, 0.25) is 0 Å². The van der Waals surface area contributed by atoms with Crippen molar-refractivity contribution in [3.8, 4) is 0 Å². The standard InChI is InChI=1S/C16H24N2O8Se/c1-7-25-14(21)10(11(12(19)23-5)13(20)24-6)9-8-27-18(17-9)15(22)26-16(2,3)4/h8,10-11,17H,7H2,1-6H3. The molecule has 152 valence electrons. The van der Waals surface area contributed by atoms with Crippen LogP contribution in [-0.4, -0.2) is 69.6 Å². The van der Waals surface area contributed by atoms with Crippen LogP contribution in [0.3, 0.4) is 0 Å². The van der Waals surface area contributed by atoms with Gasteiger partial charge in [-0.15, -0.1) is 0 Å². The van der Waals surface area contributed by atoms with Crippen molar-refractivity contribution in [1.29, 1.82) is 0 Å². The number of rotatable bonds is 6. The van der Waals surface area contributed by atoms with E-state index in [2.05, 4.69) is 14.9 Å². The van der Waals surface area contributed by atoms with Gasteiger partial charge in [0.15, 0.2) is 0 Å². The van der Waals surface area contributed by atoms with Crippen LogP contribution in [0.25, 0.3) is 0 Å². The number of hydrazine groups is 1. The molecule has 1 amide bonds. The molecule has 1 N–H and O–H groups in total. The monoisotopic (exact) mass is 452 g/mol. The molecular formula is C16H24N2O8Se. The molecule has 0 radical (unpaired) electrons. The molecule has 1 aliphatic heterocycles. The molecule has 0 fully saturated rings. The first-order valence-electron chi connectivity index (χ1n) is 8.04. The Bertz CT molecular complexity index is 612. The molecule has 1 atom stereocenters. The SMILES string of the molecule is CCOC(=O)C(C1=C[Se]N(C(=O)OC(C)(C)C)N1)C(C(=O)OC)C(=O)OC. The summed E-state index contributed by atoms with van der Waals surface area (Å²) >= 11 is -0.556. The summed E-state index contributed by atoms with van der Waals surface area (Å²) in [5.41, 5.74) is 2.18. The van der Waals surface area contributed by atoms with Gasteiger partial charge in [0.2, 0.25) is 0 Å². The first-order valence-corrected chi connectivity index (χ1v) is 9.80. The third kappa shape index (κ3) is 6.14. The molecule has 0 aromatic rings. The summed E-state index contributed by atoms with van der Waals surface area (Å²) in [5, 5.41) is 0. The number of hydrogen-bond acceptors (Lipinski definition) is 9. The van der Waals surface area contributed by atoms with Gasteiger partial charge in [-0.1, -0.05) is 0 Å². The van der Waals surface area contributed by atoms with Crippen LogP contribution >= 0.6 is 0 Å². The van der Waals surface area contributed by atoms with E-state index in [1.54, 1.807) is 32.7 Å². The van der Waals surface area contributed by atoms with E-state index in [1.165, 1.54) is 4.03 Å². The van der Waals surface area contributed by atoms with E-state index in [-0.39, 0.29) is 12.3 Å². The first-order chi connectivity index (χ1) is 12.6. The van der Waals surface area contributed by atoms with Crippen molar-refractivity contribution >= 4 is 39.2 Å². The second-order valence-electron chi connectivity index (χ2n) is 6.32. The quantitative estimate of drug-likeness (QED) is 0.264. The minimum atomic E-state index is -1.58. The normalized spacial score (nSPS) is 14.8. The van der Waals surface area contributed by atoms with Crippen molar-refractivity contribution in [2.24, 2.45) is 11.8 Å². The maximum atomic E-state index is 12.5. The maximum absolute atomic E-state index is 12.5. The van der Waals surface area contributed by atoms with Gasteiger partial charge in [0.05, 0.1) is 0 Å². The van der Waals surface area contributed by atoms with Crippen LogP contribution in [0, 0.1) is 11.8 Å². The van der Waals surface area contributed by atoms with Crippen molar-refractivity contribution < 1.29 is 38.1 Å². The predicted octanol–water partition coefficient (Wildman–Crippen LogP) is 0.344. The van der Waals surface area contributed by atoms with Gasteiger partial charge < -0.3 is 0 Å². The van der Waals surface area contributed by atoms with Gasteiger partial charge in [-0.3, -0.25) is 0 Å². The third-order valence-corrected chi connectivity index (χ3v) is 4.89. The molecule has 1 aliphatic rings. The molecule has 0 saturated carbocycles. The van der Waals surface area contributed by atoms with E-state index in [4.69, 9.17) is 9.47 Å². The summed E-state index contributed by atoms with van der Waals surface area (Å²) in [7, 11) is 2.18. The van der Waals surface area contributed by atoms with Gasteiger partial charge in [0.1, 0.15) is 0 Å². The fraction of sp³-hybridized carbons (Fsp3) is 0.625. The summed E-state index contributed by atoms with van der Waals surface area (Å²) in [6.07, 6.45) is -0.649. The number of ether oxygens (including phenoxy) is 4. The topological polar surface area (TPSA) is 120 Å². The van der Waals surface area contributed by atoms with E-state index in [1.807, 2.05) is 0 Å². The number of nitrogens with zero attached hydrogens (tertiary/aromatic N) is 1. The fourth-order valence-corrected chi connectivity index (χ4v) is 3.58. The zero-order chi connectivity index (χ0) is 20.8. The van der Waals surface area contributed by atoms with E-state index in [0.717, 1.165) is 14.2 Å². The van der Waals surface area contributed by atoms with Crippen molar-refractivity contribution in [3.63, 3.8) is 0 Å². The summed E-state index contributed by atoms with van der Waals surface area (Å²) < 4.78 is 20.7. The Labute approximate surface area is 163 Å². The number of amides is 1. The predicted molar refractivity (Wildman–Crippen MR) is 92.7 cm³/mol. The summed E-state index contributed by atoms with van der Waals surface area (Å²) in [6.45, 7) is 6.78. The molecule has 0 saturated heterocycles. The van der Waals surface area contributed by atoms with Gasteiger partial charge in [0.25, 0.3) is 0 Å². The second-order valence-corrected chi connectivity index (χ2v) is 8.02. The Balaban J connectivity index is 3.11. The zero-order valence-electron chi connectivity index (χ0n) is 16.1. The van der Waals surface area contributed by atoms with Crippen LogP contribution in [0.5, 0.6) is 0 Å². The fourth-order valence-electron chi connectivity index (χ4n) is 2.11. The average molecular weight is 451 g/mol. The van der Waals surface area contributed by atoms with Crippen LogP contribution in [0.15, 0.2) is 10.7 Å². The molecule has 0 aromatic heterocycles. The number of carbonyl (C=O) groups excluding carboxylic acids is 4. The first kappa shape index (κ1) is 22.8. The number of carbonyl (C=O) groups is 4. The van der Waals surface area contributed by atoms with Crippen LogP contribution < -0.4 is 5.43 Å².